The summed E-state index contributed by atoms with van der Waals surface area (Å²) in [6.07, 6.45) is 0. The molecule has 0 N–H and O–H groups in total. The SMILES string of the molecule is [2H]c1c([2H])c([2H])c(-c2nc(-c3ccccc3)nc(-c3ccc4c(c3)oc3c(-c5ccc(-c6ccc(-c7ccccc7)cc6)cc5)cccc34)n2)c([2H])c1[2H]. The summed E-state index contributed by atoms with van der Waals surface area (Å²) in [5.74, 6) is 0.573. The van der Waals surface area contributed by atoms with E-state index in [4.69, 9.17) is 16.3 Å². The lowest BCUT2D eigenvalue weighted by Crippen LogP contribution is -2.00. The van der Waals surface area contributed by atoms with Crippen LogP contribution in [0.5, 0.6) is 0 Å². The second-order valence-corrected chi connectivity index (χ2v) is 11.7. The zero-order valence-corrected chi connectivity index (χ0v) is 26.1. The van der Waals surface area contributed by atoms with Crippen molar-refractivity contribution in [2.24, 2.45) is 0 Å². The zero-order valence-electron chi connectivity index (χ0n) is 31.1. The maximum Gasteiger partial charge on any atom is 0.164 e. The van der Waals surface area contributed by atoms with E-state index in [0.717, 1.165) is 38.6 Å². The average molecular weight is 633 g/mol. The first kappa shape index (κ1) is 23.6. The number of aromatic nitrogens is 3. The van der Waals surface area contributed by atoms with Gasteiger partial charge < -0.3 is 4.42 Å². The van der Waals surface area contributed by atoms with Crippen molar-refractivity contribution < 1.29 is 11.3 Å². The summed E-state index contributed by atoms with van der Waals surface area (Å²) in [7, 11) is 0. The Bertz CT molecular complexity index is 2830. The second-order valence-electron chi connectivity index (χ2n) is 11.7. The molecule has 0 saturated carbocycles. The molecule has 0 aliphatic carbocycles. The van der Waals surface area contributed by atoms with Crippen LogP contribution in [0.15, 0.2) is 180 Å². The molecule has 0 atom stereocenters. The maximum absolute atomic E-state index is 8.59. The highest BCUT2D eigenvalue weighted by Crippen LogP contribution is 2.38. The molecule has 0 aliphatic rings. The van der Waals surface area contributed by atoms with E-state index in [9.17, 15) is 0 Å². The number of rotatable bonds is 6. The molecule has 49 heavy (non-hydrogen) atoms. The van der Waals surface area contributed by atoms with Gasteiger partial charge >= 0.3 is 0 Å². The van der Waals surface area contributed by atoms with Crippen molar-refractivity contribution in [1.82, 2.24) is 15.0 Å². The van der Waals surface area contributed by atoms with E-state index in [2.05, 4.69) is 76.7 Å². The number of nitrogens with zero attached hydrogens (tertiary/aromatic N) is 3. The molecule has 2 heterocycles. The van der Waals surface area contributed by atoms with Crippen molar-refractivity contribution in [1.29, 1.82) is 0 Å². The van der Waals surface area contributed by atoms with E-state index in [1.54, 1.807) is 0 Å². The van der Waals surface area contributed by atoms with E-state index in [1.165, 1.54) is 11.1 Å². The van der Waals surface area contributed by atoms with Gasteiger partial charge in [0.1, 0.15) is 11.2 Å². The van der Waals surface area contributed by atoms with E-state index in [0.29, 0.717) is 22.5 Å². The molecule has 0 spiro atoms. The molecule has 0 saturated heterocycles. The van der Waals surface area contributed by atoms with Gasteiger partial charge in [-0.3, -0.25) is 0 Å². The quantitative estimate of drug-likeness (QED) is 0.183. The third kappa shape index (κ3) is 5.45. The third-order valence-corrected chi connectivity index (χ3v) is 8.67. The molecular formula is C45H29N3O. The number of furan rings is 1. The van der Waals surface area contributed by atoms with Crippen LogP contribution in [0.25, 0.3) is 89.5 Å². The van der Waals surface area contributed by atoms with Crippen molar-refractivity contribution in [3.8, 4) is 67.5 Å². The van der Waals surface area contributed by atoms with E-state index >= 15 is 0 Å². The normalized spacial score (nSPS) is 12.7. The Morgan fingerprint density at radius 2 is 0.898 bits per heavy atom. The zero-order chi connectivity index (χ0) is 36.9. The van der Waals surface area contributed by atoms with E-state index in [-0.39, 0.29) is 29.3 Å². The van der Waals surface area contributed by atoms with Crippen molar-refractivity contribution >= 4 is 21.9 Å². The number of hydrogen-bond acceptors (Lipinski definition) is 4. The standard InChI is InChI=1S/C45H29N3O/c1-4-11-30(12-5-1)31-19-21-32(22-20-31)33-23-25-34(26-24-33)38-17-10-18-40-39-28-27-37(29-41(39)49-42(38)40)45-47-43(35-13-6-2-7-14-35)46-44(48-45)36-15-8-3-9-16-36/h1-29H/i2D,6D,7D,13D,14D. The lowest BCUT2D eigenvalue weighted by atomic mass is 9.97. The van der Waals surface area contributed by atoms with Crippen LogP contribution < -0.4 is 0 Å². The fourth-order valence-electron chi connectivity index (χ4n) is 6.19. The summed E-state index contributed by atoms with van der Waals surface area (Å²) in [4.78, 5) is 14.1. The molecule has 0 fully saturated rings. The first-order valence-electron chi connectivity index (χ1n) is 18.4. The van der Waals surface area contributed by atoms with Crippen molar-refractivity contribution in [2.75, 3.05) is 0 Å². The minimum Gasteiger partial charge on any atom is -0.455 e. The van der Waals surface area contributed by atoms with Crippen LogP contribution in [0.3, 0.4) is 0 Å². The Balaban J connectivity index is 1.11. The highest BCUT2D eigenvalue weighted by molar-refractivity contribution is 6.10. The molecule has 7 aromatic carbocycles. The Labute approximate surface area is 291 Å². The Morgan fingerprint density at radius 3 is 1.53 bits per heavy atom. The largest absolute Gasteiger partial charge is 0.455 e. The van der Waals surface area contributed by atoms with Gasteiger partial charge in [-0.25, -0.2) is 15.0 Å². The van der Waals surface area contributed by atoms with Gasteiger partial charge in [-0.1, -0.05) is 164 Å². The lowest BCUT2D eigenvalue weighted by molar-refractivity contribution is 0.670. The first-order valence-corrected chi connectivity index (χ1v) is 15.9. The number of fused-ring (bicyclic) bond motifs is 3. The highest BCUT2D eigenvalue weighted by atomic mass is 16.3. The molecule has 2 aromatic heterocycles. The highest BCUT2D eigenvalue weighted by Gasteiger charge is 2.16. The summed E-state index contributed by atoms with van der Waals surface area (Å²) in [6, 6.07) is 46.4. The van der Waals surface area contributed by atoms with Gasteiger partial charge in [0.25, 0.3) is 0 Å². The summed E-state index contributed by atoms with van der Waals surface area (Å²) >= 11 is 0. The number of benzene rings is 7. The van der Waals surface area contributed by atoms with Gasteiger partial charge in [0, 0.05) is 33.0 Å². The van der Waals surface area contributed by atoms with Crippen LogP contribution in [0.4, 0.5) is 0 Å². The molecular weight excluding hydrogens is 599 g/mol. The van der Waals surface area contributed by atoms with Crippen LogP contribution in [0.2, 0.25) is 0 Å². The molecule has 9 rings (SSSR count). The van der Waals surface area contributed by atoms with Crippen LogP contribution in [-0.2, 0) is 0 Å². The number of hydrogen-bond donors (Lipinski definition) is 0. The predicted molar refractivity (Wildman–Crippen MR) is 200 cm³/mol. The summed E-state index contributed by atoms with van der Waals surface area (Å²) < 4.78 is 48.3. The Hall–Kier alpha value is -6.65. The molecule has 9 aromatic rings. The van der Waals surface area contributed by atoms with Crippen molar-refractivity contribution in [3.63, 3.8) is 0 Å². The van der Waals surface area contributed by atoms with E-state index in [1.807, 2.05) is 78.9 Å². The van der Waals surface area contributed by atoms with Gasteiger partial charge in [0.05, 0.1) is 6.85 Å². The minimum absolute atomic E-state index is 0.0153. The van der Waals surface area contributed by atoms with Crippen LogP contribution >= 0.6 is 0 Å². The predicted octanol–water partition coefficient (Wildman–Crippen LogP) is 11.8. The molecule has 0 unspecified atom stereocenters. The monoisotopic (exact) mass is 632 g/mol. The van der Waals surface area contributed by atoms with Crippen LogP contribution in [0, 0.1) is 0 Å². The second kappa shape index (κ2) is 12.2. The Kier molecular flexibility index (Phi) is 5.87. The summed E-state index contributed by atoms with van der Waals surface area (Å²) in [5.41, 5.74) is 9.23. The van der Waals surface area contributed by atoms with E-state index < -0.39 is 18.1 Å². The third-order valence-electron chi connectivity index (χ3n) is 8.67. The Morgan fingerprint density at radius 1 is 0.388 bits per heavy atom. The summed E-state index contributed by atoms with van der Waals surface area (Å²) in [6.45, 7) is 0. The maximum atomic E-state index is 8.59. The molecule has 4 nitrogen and oxygen atoms in total. The van der Waals surface area contributed by atoms with Gasteiger partial charge in [-0.15, -0.1) is 0 Å². The van der Waals surface area contributed by atoms with Crippen LogP contribution in [-0.4, -0.2) is 15.0 Å². The smallest absolute Gasteiger partial charge is 0.164 e. The first-order chi connectivity index (χ1) is 26.3. The molecule has 0 aliphatic heterocycles. The fraction of sp³-hybridized carbons (Fsp3) is 0. The van der Waals surface area contributed by atoms with Gasteiger partial charge in [0.2, 0.25) is 0 Å². The number of para-hydroxylation sites is 1. The lowest BCUT2D eigenvalue weighted by Gasteiger charge is -2.08. The van der Waals surface area contributed by atoms with Gasteiger partial charge in [0.15, 0.2) is 17.5 Å². The topological polar surface area (TPSA) is 51.8 Å². The average Bonchev–Trinajstić information content (AvgIpc) is 3.61. The summed E-state index contributed by atoms with van der Waals surface area (Å²) in [5, 5.41) is 1.89. The van der Waals surface area contributed by atoms with Crippen LogP contribution in [0.1, 0.15) is 6.85 Å². The van der Waals surface area contributed by atoms with Gasteiger partial charge in [-0.05, 0) is 39.9 Å². The van der Waals surface area contributed by atoms with Crippen molar-refractivity contribution in [2.45, 2.75) is 0 Å². The molecule has 0 amide bonds. The fourth-order valence-corrected chi connectivity index (χ4v) is 6.19. The van der Waals surface area contributed by atoms with Crippen molar-refractivity contribution in [3.05, 3.63) is 176 Å². The molecule has 0 radical (unpaired) electrons. The molecule has 230 valence electrons. The minimum atomic E-state index is -0.481. The molecule has 4 heteroatoms. The molecule has 0 bridgehead atoms. The van der Waals surface area contributed by atoms with Gasteiger partial charge in [-0.2, -0.15) is 0 Å².